The lowest BCUT2D eigenvalue weighted by atomic mass is 9.92. The summed E-state index contributed by atoms with van der Waals surface area (Å²) in [5.41, 5.74) is 2.05. The zero-order chi connectivity index (χ0) is 15.3. The van der Waals surface area contributed by atoms with E-state index >= 15 is 0 Å². The van der Waals surface area contributed by atoms with Crippen LogP contribution in [-0.4, -0.2) is 35.0 Å². The van der Waals surface area contributed by atoms with Gasteiger partial charge in [-0.2, -0.15) is 8.73 Å². The molecule has 2 aliphatic heterocycles. The molecule has 2 heterocycles. The molecule has 6 nitrogen and oxygen atoms in total. The van der Waals surface area contributed by atoms with Crippen molar-refractivity contribution in [3.8, 4) is 0 Å². The van der Waals surface area contributed by atoms with E-state index in [1.807, 2.05) is 0 Å². The third-order valence-corrected chi connectivity index (χ3v) is 5.25. The molecular formula is C15H15N3O3S. The van der Waals surface area contributed by atoms with E-state index < -0.39 is 11.9 Å². The first-order valence-electron chi connectivity index (χ1n) is 7.38. The molecule has 1 aromatic carbocycles. The van der Waals surface area contributed by atoms with E-state index in [2.05, 4.69) is 8.73 Å². The number of carbonyl (C=O) groups is 2. The summed E-state index contributed by atoms with van der Waals surface area (Å²) >= 11 is 1.12. The van der Waals surface area contributed by atoms with Gasteiger partial charge in [0, 0.05) is 18.7 Å². The summed E-state index contributed by atoms with van der Waals surface area (Å²) in [6, 6.07) is 5.27. The molecule has 0 unspecified atom stereocenters. The molecule has 0 aromatic heterocycles. The first-order valence-corrected chi connectivity index (χ1v) is 8.11. The predicted molar refractivity (Wildman–Crippen MR) is 81.2 cm³/mol. The fourth-order valence-electron chi connectivity index (χ4n) is 3.36. The summed E-state index contributed by atoms with van der Waals surface area (Å²) in [6.45, 7) is 0.858. The zero-order valence-corrected chi connectivity index (χ0v) is 12.6. The van der Waals surface area contributed by atoms with Crippen molar-refractivity contribution < 1.29 is 14.7 Å². The van der Waals surface area contributed by atoms with Gasteiger partial charge in [-0.05, 0) is 42.9 Å². The predicted octanol–water partition coefficient (Wildman–Crippen LogP) is 2.60. The minimum atomic E-state index is -0.786. The number of rotatable bonds is 3. The summed E-state index contributed by atoms with van der Waals surface area (Å²) in [4.78, 5) is 25.8. The molecule has 7 heteroatoms. The van der Waals surface area contributed by atoms with Gasteiger partial charge in [0.1, 0.15) is 11.4 Å². The van der Waals surface area contributed by atoms with E-state index in [1.165, 1.54) is 0 Å². The standard InChI is InChI=1S/C15H15N3O3S/c19-14(9-3-4-12-13(5-9)17-22-16-12)18-6-10(8-1-2-8)11(7-18)15(20)21/h3-5,8,10-11H,1-2,6-7H2,(H,20,21)/t10-,11+/m1/s1. The van der Waals surface area contributed by atoms with Gasteiger partial charge in [-0.1, -0.05) is 0 Å². The molecule has 1 saturated carbocycles. The molecule has 22 heavy (non-hydrogen) atoms. The second-order valence-electron chi connectivity index (χ2n) is 6.12. The number of amides is 1. The van der Waals surface area contributed by atoms with Crippen LogP contribution in [0.1, 0.15) is 23.2 Å². The average molecular weight is 317 g/mol. The Morgan fingerprint density at radius 2 is 1.95 bits per heavy atom. The van der Waals surface area contributed by atoms with Gasteiger partial charge >= 0.3 is 5.97 Å². The third-order valence-electron chi connectivity index (χ3n) is 4.70. The lowest BCUT2D eigenvalue weighted by molar-refractivity contribution is -0.142. The van der Waals surface area contributed by atoms with Crippen LogP contribution in [0.2, 0.25) is 0 Å². The summed E-state index contributed by atoms with van der Waals surface area (Å²) in [5, 5.41) is 9.39. The molecule has 0 bridgehead atoms. The number of nitrogens with zero attached hydrogens (tertiary/aromatic N) is 3. The van der Waals surface area contributed by atoms with Crippen molar-refractivity contribution in [3.05, 3.63) is 23.8 Å². The van der Waals surface area contributed by atoms with Crippen molar-refractivity contribution in [1.29, 1.82) is 0 Å². The summed E-state index contributed by atoms with van der Waals surface area (Å²) < 4.78 is 8.27. The summed E-state index contributed by atoms with van der Waals surface area (Å²) in [7, 11) is 0. The van der Waals surface area contributed by atoms with Crippen molar-refractivity contribution in [3.63, 3.8) is 0 Å². The van der Waals surface area contributed by atoms with Crippen molar-refractivity contribution in [2.24, 2.45) is 26.5 Å². The highest BCUT2D eigenvalue weighted by Crippen LogP contribution is 2.44. The van der Waals surface area contributed by atoms with Crippen LogP contribution in [0.15, 0.2) is 26.9 Å². The van der Waals surface area contributed by atoms with Crippen LogP contribution in [0.25, 0.3) is 0 Å². The Morgan fingerprint density at radius 1 is 1.18 bits per heavy atom. The number of hydrogen-bond donors (Lipinski definition) is 1. The number of benzene rings is 1. The number of carboxylic acid groups (broad SMARTS) is 1. The molecule has 1 amide bonds. The lowest BCUT2D eigenvalue weighted by Gasteiger charge is -2.16. The molecule has 0 radical (unpaired) electrons. The molecule has 1 aliphatic carbocycles. The summed E-state index contributed by atoms with van der Waals surface area (Å²) in [6.07, 6.45) is 2.18. The molecule has 1 aromatic rings. The van der Waals surface area contributed by atoms with Crippen LogP contribution in [0.3, 0.4) is 0 Å². The number of aliphatic carboxylic acids is 1. The van der Waals surface area contributed by atoms with Crippen molar-refractivity contribution in [2.45, 2.75) is 12.8 Å². The van der Waals surface area contributed by atoms with E-state index in [0.717, 1.165) is 29.9 Å². The molecule has 2 atom stereocenters. The van der Waals surface area contributed by atoms with Crippen LogP contribution in [0.4, 0.5) is 11.4 Å². The molecule has 114 valence electrons. The fourth-order valence-corrected chi connectivity index (χ4v) is 3.87. The van der Waals surface area contributed by atoms with Crippen molar-refractivity contribution in [2.75, 3.05) is 13.1 Å². The molecule has 0 spiro atoms. The Kier molecular flexibility index (Phi) is 3.11. The first kappa shape index (κ1) is 13.6. The van der Waals surface area contributed by atoms with E-state index in [1.54, 1.807) is 23.1 Å². The third kappa shape index (κ3) is 2.25. The molecule has 4 rings (SSSR count). The molecule has 1 saturated heterocycles. The Balaban J connectivity index is 1.56. The van der Waals surface area contributed by atoms with E-state index in [0.29, 0.717) is 30.3 Å². The second-order valence-corrected chi connectivity index (χ2v) is 6.65. The fraction of sp³-hybridized carbons (Fsp3) is 0.467. The Hall–Kier alpha value is -2.02. The highest BCUT2D eigenvalue weighted by atomic mass is 32.1. The monoisotopic (exact) mass is 317 g/mol. The van der Waals surface area contributed by atoms with E-state index in [-0.39, 0.29) is 11.8 Å². The molecule has 1 N–H and O–H groups in total. The Morgan fingerprint density at radius 3 is 2.68 bits per heavy atom. The van der Waals surface area contributed by atoms with Crippen molar-refractivity contribution >= 4 is 34.6 Å². The van der Waals surface area contributed by atoms with Crippen LogP contribution in [-0.2, 0) is 16.1 Å². The van der Waals surface area contributed by atoms with Crippen LogP contribution < -0.4 is 0 Å². The largest absolute Gasteiger partial charge is 0.481 e. The van der Waals surface area contributed by atoms with Crippen LogP contribution >= 0.6 is 0 Å². The second kappa shape index (κ2) is 5.01. The maximum atomic E-state index is 12.7. The van der Waals surface area contributed by atoms with E-state index in [4.69, 9.17) is 0 Å². The van der Waals surface area contributed by atoms with Gasteiger partial charge in [0.15, 0.2) is 0 Å². The number of fused-ring (bicyclic) bond motifs is 1. The molecule has 3 aliphatic rings. The minimum Gasteiger partial charge on any atom is -0.481 e. The molecule has 2 fully saturated rings. The van der Waals surface area contributed by atoms with Crippen molar-refractivity contribution in [1.82, 2.24) is 4.90 Å². The number of likely N-dealkylation sites (tertiary alicyclic amines) is 1. The van der Waals surface area contributed by atoms with Gasteiger partial charge in [-0.3, -0.25) is 9.59 Å². The van der Waals surface area contributed by atoms with Gasteiger partial charge in [0.05, 0.1) is 17.3 Å². The van der Waals surface area contributed by atoms with Crippen LogP contribution in [0.5, 0.6) is 0 Å². The number of carbonyl (C=O) groups excluding carboxylic acids is 1. The SMILES string of the molecule is O=C(O)[C@H]1CN(C(=O)c2ccc3c(c2)N=S=N3)C[C@@H]1C1CC1. The maximum Gasteiger partial charge on any atom is 0.308 e. The summed E-state index contributed by atoms with van der Waals surface area (Å²) in [5.74, 6) is -0.744. The number of carboxylic acids is 1. The van der Waals surface area contributed by atoms with Gasteiger partial charge in [-0.25, -0.2) is 0 Å². The van der Waals surface area contributed by atoms with Gasteiger partial charge < -0.3 is 10.0 Å². The van der Waals surface area contributed by atoms with E-state index in [9.17, 15) is 14.7 Å². The normalized spacial score (nSPS) is 25.9. The van der Waals surface area contributed by atoms with Gasteiger partial charge in [0.2, 0.25) is 0 Å². The lowest BCUT2D eigenvalue weighted by Crippen LogP contribution is -2.29. The first-order chi connectivity index (χ1) is 10.6. The highest BCUT2D eigenvalue weighted by molar-refractivity contribution is 7.58. The van der Waals surface area contributed by atoms with Gasteiger partial charge in [0.25, 0.3) is 5.91 Å². The quantitative estimate of drug-likeness (QED) is 0.944. The number of hydrogen-bond acceptors (Lipinski definition) is 4. The average Bonchev–Trinajstić information content (AvgIpc) is 3.09. The smallest absolute Gasteiger partial charge is 0.308 e. The Labute approximate surface area is 131 Å². The van der Waals surface area contributed by atoms with Gasteiger partial charge in [-0.15, -0.1) is 0 Å². The zero-order valence-electron chi connectivity index (χ0n) is 11.8. The highest BCUT2D eigenvalue weighted by Gasteiger charge is 2.46. The van der Waals surface area contributed by atoms with Crippen LogP contribution in [0, 0.1) is 17.8 Å². The molecular weight excluding hydrogens is 302 g/mol. The minimum absolute atomic E-state index is 0.103. The Bertz CT molecular complexity index is 738. The topological polar surface area (TPSA) is 82.3 Å². The maximum absolute atomic E-state index is 12.7.